The second kappa shape index (κ2) is 17.5. The Bertz CT molecular complexity index is 3340. The number of fused-ring (bicyclic) bond motifs is 10. The van der Waals surface area contributed by atoms with Crippen LogP contribution in [-0.2, 0) is 26.2 Å². The fourth-order valence-corrected chi connectivity index (χ4v) is 8.70. The fourth-order valence-electron chi connectivity index (χ4n) is 7.98. The summed E-state index contributed by atoms with van der Waals surface area (Å²) in [6.45, 7) is 0. The molecule has 300 valence electrons. The van der Waals surface area contributed by atoms with E-state index in [9.17, 15) is 0 Å². The summed E-state index contributed by atoms with van der Waals surface area (Å²) in [6, 6.07) is 61.4. The van der Waals surface area contributed by atoms with Gasteiger partial charge in [-0.3, -0.25) is 15.0 Å². The molecule has 63 heavy (non-hydrogen) atoms. The molecule has 1 aliphatic rings. The molecule has 13 rings (SSSR count). The first-order valence-corrected chi connectivity index (χ1v) is 21.3. The molecule has 1 aliphatic heterocycles. The summed E-state index contributed by atoms with van der Waals surface area (Å²) >= 11 is 1.74. The summed E-state index contributed by atoms with van der Waals surface area (Å²) in [5.74, 6) is 0. The van der Waals surface area contributed by atoms with Crippen molar-refractivity contribution >= 4 is 88.2 Å². The molecular weight excluding hydrogens is 969 g/mol. The molecule has 0 unspecified atom stereocenters. The first kappa shape index (κ1) is 39.7. The van der Waals surface area contributed by atoms with Crippen molar-refractivity contribution in [3.05, 3.63) is 210 Å². The van der Waals surface area contributed by atoms with Crippen molar-refractivity contribution in [3.63, 3.8) is 0 Å². The van der Waals surface area contributed by atoms with Crippen LogP contribution in [0.5, 0.6) is 0 Å². The van der Waals surface area contributed by atoms with Crippen LogP contribution < -0.4 is 0 Å². The Hall–Kier alpha value is -7.43. The van der Waals surface area contributed by atoms with Crippen molar-refractivity contribution in [2.75, 3.05) is 0 Å². The third kappa shape index (κ3) is 7.97. The van der Waals surface area contributed by atoms with Gasteiger partial charge in [-0.05, 0) is 83.7 Å². The van der Waals surface area contributed by atoms with E-state index in [-0.39, 0.29) is 19.8 Å². The average Bonchev–Trinajstić information content (AvgIpc) is 4.06. The zero-order chi connectivity index (χ0) is 41.2. The number of para-hydroxylation sites is 4. The molecule has 0 N–H and O–H groups in total. The normalized spacial score (nSPS) is 11.7. The predicted octanol–water partition coefficient (Wildman–Crippen LogP) is 13.4. The monoisotopic (exact) mass is 1010 g/mol. The fraction of sp³-hybridized carbons (Fsp3) is 0.0185. The smallest absolute Gasteiger partial charge is 0.0986 e. The molecule has 5 aromatic carbocycles. The molecule has 0 saturated heterocycles. The molecular formula is C54H35N7OsS. The first-order chi connectivity index (χ1) is 30.7. The third-order valence-corrected chi connectivity index (χ3v) is 11.9. The molecule has 0 bridgehead atoms. The van der Waals surface area contributed by atoms with E-state index in [0.29, 0.717) is 0 Å². The van der Waals surface area contributed by atoms with Crippen LogP contribution in [0.4, 0.5) is 5.69 Å². The SMILES string of the molecule is [Os].c1ccc2nc(-c3ccc4ccccc4n3)ccc2c1.c1ccc2nc(-c3ccc4ccccc4n3)ccc2c1.c1csc(C2=Nc3c(c4cccnc4c4ncccc34)C2)c1. The van der Waals surface area contributed by atoms with Crippen LogP contribution in [0.3, 0.4) is 0 Å². The Morgan fingerprint density at radius 1 is 0.381 bits per heavy atom. The Morgan fingerprint density at radius 3 is 1.22 bits per heavy atom. The van der Waals surface area contributed by atoms with Crippen molar-refractivity contribution in [1.29, 1.82) is 0 Å². The van der Waals surface area contributed by atoms with Gasteiger partial charge < -0.3 is 0 Å². The van der Waals surface area contributed by atoms with Gasteiger partial charge in [-0.2, -0.15) is 0 Å². The van der Waals surface area contributed by atoms with Crippen LogP contribution in [0.25, 0.3) is 88.2 Å². The van der Waals surface area contributed by atoms with Gasteiger partial charge in [0, 0.05) is 75.8 Å². The van der Waals surface area contributed by atoms with Crippen LogP contribution in [0.2, 0.25) is 0 Å². The predicted molar refractivity (Wildman–Crippen MR) is 256 cm³/mol. The van der Waals surface area contributed by atoms with E-state index in [1.807, 2.05) is 122 Å². The van der Waals surface area contributed by atoms with Crippen LogP contribution in [-0.4, -0.2) is 35.6 Å². The maximum absolute atomic E-state index is 4.93. The second-order valence-corrected chi connectivity index (χ2v) is 15.8. The molecule has 0 fully saturated rings. The molecule has 0 saturated carbocycles. The summed E-state index contributed by atoms with van der Waals surface area (Å²) in [5, 5.41) is 8.96. The minimum atomic E-state index is 0. The first-order valence-electron chi connectivity index (χ1n) is 20.4. The van der Waals surface area contributed by atoms with Gasteiger partial charge in [0.05, 0.1) is 67.3 Å². The van der Waals surface area contributed by atoms with Crippen LogP contribution in [0, 0.1) is 0 Å². The number of rotatable bonds is 3. The molecule has 12 aromatic rings. The number of nitrogens with zero attached hydrogens (tertiary/aromatic N) is 7. The van der Waals surface area contributed by atoms with Crippen molar-refractivity contribution in [1.82, 2.24) is 29.9 Å². The number of thiophene rings is 1. The van der Waals surface area contributed by atoms with E-state index in [0.717, 1.165) is 101 Å². The number of hydrogen-bond donors (Lipinski definition) is 0. The van der Waals surface area contributed by atoms with Crippen molar-refractivity contribution in [2.45, 2.75) is 6.42 Å². The van der Waals surface area contributed by atoms with Gasteiger partial charge in [0.1, 0.15) is 0 Å². The van der Waals surface area contributed by atoms with Gasteiger partial charge in [0.25, 0.3) is 0 Å². The van der Waals surface area contributed by atoms with Crippen molar-refractivity contribution in [2.24, 2.45) is 4.99 Å². The number of hydrogen-bond acceptors (Lipinski definition) is 8. The van der Waals surface area contributed by atoms with E-state index in [1.165, 1.54) is 15.8 Å². The Labute approximate surface area is 380 Å². The topological polar surface area (TPSA) is 89.7 Å². The molecule has 0 radical (unpaired) electrons. The largest absolute Gasteiger partial charge is 0.254 e. The third-order valence-electron chi connectivity index (χ3n) is 11.0. The summed E-state index contributed by atoms with van der Waals surface area (Å²) in [7, 11) is 0. The zero-order valence-electron chi connectivity index (χ0n) is 33.7. The molecule has 0 atom stereocenters. The van der Waals surface area contributed by atoms with Gasteiger partial charge in [-0.15, -0.1) is 11.3 Å². The quantitative estimate of drug-likeness (QED) is 0.164. The van der Waals surface area contributed by atoms with Gasteiger partial charge in [-0.1, -0.05) is 109 Å². The number of pyridine rings is 6. The van der Waals surface area contributed by atoms with Gasteiger partial charge >= 0.3 is 0 Å². The Morgan fingerprint density at radius 2 is 0.794 bits per heavy atom. The number of benzene rings is 5. The summed E-state index contributed by atoms with van der Waals surface area (Å²) in [6.07, 6.45) is 4.52. The van der Waals surface area contributed by atoms with Crippen LogP contribution in [0.15, 0.2) is 205 Å². The molecule has 0 amide bonds. The van der Waals surface area contributed by atoms with Gasteiger partial charge in [0.15, 0.2) is 0 Å². The van der Waals surface area contributed by atoms with E-state index in [2.05, 4.69) is 108 Å². The summed E-state index contributed by atoms with van der Waals surface area (Å²) < 4.78 is 0. The van der Waals surface area contributed by atoms with Crippen LogP contribution in [0.1, 0.15) is 10.4 Å². The molecule has 9 heteroatoms. The Balaban J connectivity index is 0.000000112. The zero-order valence-corrected chi connectivity index (χ0v) is 37.0. The van der Waals surface area contributed by atoms with Crippen molar-refractivity contribution < 1.29 is 19.8 Å². The molecule has 7 nitrogen and oxygen atoms in total. The van der Waals surface area contributed by atoms with E-state index in [1.54, 1.807) is 11.3 Å². The van der Waals surface area contributed by atoms with E-state index < -0.39 is 0 Å². The number of aromatic nitrogens is 6. The standard InChI is InChI=1S/C18H11N3S.2C18H12N2.Os/c1-4-11-13-10-14(15-6-3-9-22-15)21-16(13)12-5-2-8-20-18(12)17(11)19-7-1;2*1-3-7-15-13(5-1)9-11-17(19-15)18-12-10-14-6-2-4-8-16(14)20-18;/h1-9H,10H2;2*1-12H;. The van der Waals surface area contributed by atoms with E-state index in [4.69, 9.17) is 4.99 Å². The minimum absolute atomic E-state index is 0. The molecule has 0 aliphatic carbocycles. The molecule has 7 aromatic heterocycles. The average molecular weight is 1000 g/mol. The maximum Gasteiger partial charge on any atom is 0.0986 e. The van der Waals surface area contributed by atoms with Gasteiger partial charge in [-0.25, -0.2) is 19.9 Å². The Kier molecular flexibility index (Phi) is 11.0. The van der Waals surface area contributed by atoms with Gasteiger partial charge in [0.2, 0.25) is 0 Å². The van der Waals surface area contributed by atoms with Crippen LogP contribution >= 0.6 is 11.3 Å². The summed E-state index contributed by atoms with van der Waals surface area (Å²) in [5.41, 5.74) is 13.0. The van der Waals surface area contributed by atoms with E-state index >= 15 is 0 Å². The maximum atomic E-state index is 4.93. The number of aliphatic imine (C=N–C) groups is 1. The minimum Gasteiger partial charge on any atom is -0.254 e. The van der Waals surface area contributed by atoms with Crippen molar-refractivity contribution in [3.8, 4) is 22.8 Å². The molecule has 8 heterocycles. The summed E-state index contributed by atoms with van der Waals surface area (Å²) in [4.78, 5) is 34.0. The molecule has 0 spiro atoms. The second-order valence-electron chi connectivity index (χ2n) is 14.9.